The first-order chi connectivity index (χ1) is 9.24. The fraction of sp³-hybridized carbons (Fsp3) is 0. The number of halogens is 2. The van der Waals surface area contributed by atoms with Crippen molar-refractivity contribution in [3.8, 4) is 22.8 Å². The van der Waals surface area contributed by atoms with Crippen LogP contribution in [0.4, 0.5) is 4.39 Å². The van der Waals surface area contributed by atoms with Gasteiger partial charge in [-0.2, -0.15) is 0 Å². The maximum atomic E-state index is 13.6. The lowest BCUT2D eigenvalue weighted by atomic mass is 10.2. The first kappa shape index (κ1) is 12.3. The molecule has 19 heavy (non-hydrogen) atoms. The summed E-state index contributed by atoms with van der Waals surface area (Å²) < 4.78 is 19.4. The van der Waals surface area contributed by atoms with Gasteiger partial charge in [0.05, 0.1) is 6.26 Å². The van der Waals surface area contributed by atoms with Crippen molar-refractivity contribution in [3.63, 3.8) is 0 Å². The molecule has 0 aliphatic rings. The molecule has 3 aromatic rings. The van der Waals surface area contributed by atoms with Gasteiger partial charge in [-0.25, -0.2) is 14.4 Å². The normalized spacial score (nSPS) is 10.6. The highest BCUT2D eigenvalue weighted by Gasteiger charge is 2.08. The number of hydrogen-bond donors (Lipinski definition) is 0. The molecule has 0 aliphatic carbocycles. The van der Waals surface area contributed by atoms with Gasteiger partial charge in [0.25, 0.3) is 0 Å². The molecule has 2 heterocycles. The molecule has 0 radical (unpaired) electrons. The zero-order valence-corrected chi connectivity index (χ0v) is 11.8. The van der Waals surface area contributed by atoms with Crippen LogP contribution in [0.2, 0.25) is 0 Å². The molecule has 0 unspecified atom stereocenters. The molecule has 0 aliphatic heterocycles. The first-order valence-corrected chi connectivity index (χ1v) is 6.64. The van der Waals surface area contributed by atoms with Crippen LogP contribution in [0.3, 0.4) is 0 Å². The van der Waals surface area contributed by atoms with Crippen LogP contribution in [-0.4, -0.2) is 9.97 Å². The third kappa shape index (κ3) is 2.51. The SMILES string of the molecule is Fc1cc(-c2nccc(-c3ccco3)n2)ccc1I. The fourth-order valence-corrected chi connectivity index (χ4v) is 2.03. The second-order valence-corrected chi connectivity index (χ2v) is 5.03. The van der Waals surface area contributed by atoms with Crippen LogP contribution in [-0.2, 0) is 0 Å². The van der Waals surface area contributed by atoms with Gasteiger partial charge in [0, 0.05) is 15.3 Å². The summed E-state index contributed by atoms with van der Waals surface area (Å²) in [5, 5.41) is 0. The standard InChI is InChI=1S/C14H8FIN2O/c15-10-8-9(3-4-11(10)16)14-17-6-5-12(18-14)13-2-1-7-19-13/h1-8H. The molecule has 0 N–H and O–H groups in total. The third-order valence-electron chi connectivity index (χ3n) is 2.61. The number of benzene rings is 1. The first-order valence-electron chi connectivity index (χ1n) is 5.56. The topological polar surface area (TPSA) is 38.9 Å². The van der Waals surface area contributed by atoms with E-state index in [0.29, 0.717) is 26.4 Å². The number of nitrogens with zero attached hydrogens (tertiary/aromatic N) is 2. The summed E-state index contributed by atoms with van der Waals surface area (Å²) in [5.41, 5.74) is 1.32. The Balaban J connectivity index is 2.06. The fourth-order valence-electron chi connectivity index (χ4n) is 1.69. The van der Waals surface area contributed by atoms with Gasteiger partial charge < -0.3 is 4.42 Å². The molecule has 0 atom stereocenters. The Morgan fingerprint density at radius 2 is 2.05 bits per heavy atom. The summed E-state index contributed by atoms with van der Waals surface area (Å²) in [6.45, 7) is 0. The van der Waals surface area contributed by atoms with E-state index in [0.717, 1.165) is 0 Å². The van der Waals surface area contributed by atoms with E-state index < -0.39 is 0 Å². The molecule has 1 aromatic carbocycles. The summed E-state index contributed by atoms with van der Waals surface area (Å²) >= 11 is 1.94. The quantitative estimate of drug-likeness (QED) is 0.640. The van der Waals surface area contributed by atoms with E-state index in [1.807, 2.05) is 28.7 Å². The lowest BCUT2D eigenvalue weighted by Gasteiger charge is -2.03. The van der Waals surface area contributed by atoms with E-state index in [2.05, 4.69) is 9.97 Å². The van der Waals surface area contributed by atoms with Crippen LogP contribution in [0.25, 0.3) is 22.8 Å². The van der Waals surface area contributed by atoms with Gasteiger partial charge in [-0.15, -0.1) is 0 Å². The van der Waals surface area contributed by atoms with Crippen molar-refractivity contribution in [3.05, 3.63) is 58.2 Å². The van der Waals surface area contributed by atoms with E-state index in [1.165, 1.54) is 6.07 Å². The number of aromatic nitrogens is 2. The highest BCUT2D eigenvalue weighted by molar-refractivity contribution is 14.1. The molecule has 94 valence electrons. The zero-order valence-electron chi connectivity index (χ0n) is 9.68. The van der Waals surface area contributed by atoms with Crippen LogP contribution in [0.5, 0.6) is 0 Å². The summed E-state index contributed by atoms with van der Waals surface area (Å²) in [5.74, 6) is 0.865. The maximum Gasteiger partial charge on any atom is 0.159 e. The third-order valence-corrected chi connectivity index (χ3v) is 3.48. The molecule has 0 bridgehead atoms. The highest BCUT2D eigenvalue weighted by Crippen LogP contribution is 2.23. The minimum atomic E-state index is -0.273. The average Bonchev–Trinajstić information content (AvgIpc) is 2.96. The largest absolute Gasteiger partial charge is 0.463 e. The van der Waals surface area contributed by atoms with Gasteiger partial charge in [-0.1, -0.05) is 0 Å². The van der Waals surface area contributed by atoms with E-state index >= 15 is 0 Å². The van der Waals surface area contributed by atoms with Gasteiger partial charge in [-0.3, -0.25) is 0 Å². The van der Waals surface area contributed by atoms with Crippen molar-refractivity contribution in [2.24, 2.45) is 0 Å². The molecule has 0 amide bonds. The zero-order chi connectivity index (χ0) is 13.2. The molecular formula is C14H8FIN2O. The van der Waals surface area contributed by atoms with Gasteiger partial charge in [-0.05, 0) is 59.0 Å². The van der Waals surface area contributed by atoms with Gasteiger partial charge in [0.15, 0.2) is 11.6 Å². The van der Waals surface area contributed by atoms with E-state index in [9.17, 15) is 4.39 Å². The number of furan rings is 1. The van der Waals surface area contributed by atoms with Crippen molar-refractivity contribution in [2.75, 3.05) is 0 Å². The Labute approximate surface area is 122 Å². The molecule has 0 saturated carbocycles. The Morgan fingerprint density at radius 3 is 2.79 bits per heavy atom. The molecule has 0 spiro atoms. The summed E-state index contributed by atoms with van der Waals surface area (Å²) in [7, 11) is 0. The van der Waals surface area contributed by atoms with Crippen LogP contribution in [0.15, 0.2) is 53.3 Å². The molecule has 5 heteroatoms. The van der Waals surface area contributed by atoms with Gasteiger partial charge in [0.2, 0.25) is 0 Å². The van der Waals surface area contributed by atoms with Crippen molar-refractivity contribution in [1.82, 2.24) is 9.97 Å². The van der Waals surface area contributed by atoms with Crippen LogP contribution < -0.4 is 0 Å². The predicted octanol–water partition coefficient (Wildman–Crippen LogP) is 4.15. The molecule has 0 fully saturated rings. The average molecular weight is 366 g/mol. The monoisotopic (exact) mass is 366 g/mol. The predicted molar refractivity (Wildman–Crippen MR) is 77.8 cm³/mol. The van der Waals surface area contributed by atoms with Crippen LogP contribution >= 0.6 is 22.6 Å². The van der Waals surface area contributed by atoms with Crippen molar-refractivity contribution < 1.29 is 8.81 Å². The summed E-state index contributed by atoms with van der Waals surface area (Å²) in [6, 6.07) is 10.3. The molecule has 0 saturated heterocycles. The second kappa shape index (κ2) is 5.08. The molecule has 3 rings (SSSR count). The highest BCUT2D eigenvalue weighted by atomic mass is 127. The Bertz CT molecular complexity index is 713. The lowest BCUT2D eigenvalue weighted by Crippen LogP contribution is -1.92. The Hall–Kier alpha value is -1.76. The Kier molecular flexibility index (Phi) is 3.29. The maximum absolute atomic E-state index is 13.6. The van der Waals surface area contributed by atoms with Crippen molar-refractivity contribution in [2.45, 2.75) is 0 Å². The minimum Gasteiger partial charge on any atom is -0.463 e. The van der Waals surface area contributed by atoms with E-state index in [1.54, 1.807) is 36.7 Å². The van der Waals surface area contributed by atoms with E-state index in [-0.39, 0.29) is 5.82 Å². The van der Waals surface area contributed by atoms with Crippen molar-refractivity contribution >= 4 is 22.6 Å². The Morgan fingerprint density at radius 1 is 1.16 bits per heavy atom. The van der Waals surface area contributed by atoms with Gasteiger partial charge >= 0.3 is 0 Å². The number of hydrogen-bond acceptors (Lipinski definition) is 3. The lowest BCUT2D eigenvalue weighted by molar-refractivity contribution is 0.580. The summed E-state index contributed by atoms with van der Waals surface area (Å²) in [6.07, 6.45) is 3.22. The van der Waals surface area contributed by atoms with Crippen molar-refractivity contribution in [1.29, 1.82) is 0 Å². The van der Waals surface area contributed by atoms with Crippen LogP contribution in [0.1, 0.15) is 0 Å². The second-order valence-electron chi connectivity index (χ2n) is 3.87. The summed E-state index contributed by atoms with van der Waals surface area (Å²) in [4.78, 5) is 8.55. The van der Waals surface area contributed by atoms with E-state index in [4.69, 9.17) is 4.42 Å². The molecule has 3 nitrogen and oxygen atoms in total. The molecular weight excluding hydrogens is 358 g/mol. The molecule has 2 aromatic heterocycles. The minimum absolute atomic E-state index is 0.273. The smallest absolute Gasteiger partial charge is 0.159 e. The van der Waals surface area contributed by atoms with Gasteiger partial charge in [0.1, 0.15) is 11.5 Å². The number of rotatable bonds is 2. The van der Waals surface area contributed by atoms with Crippen LogP contribution in [0, 0.1) is 9.39 Å².